The summed E-state index contributed by atoms with van der Waals surface area (Å²) in [6.45, 7) is 2.88. The van der Waals surface area contributed by atoms with Gasteiger partial charge < -0.3 is 10.4 Å². The summed E-state index contributed by atoms with van der Waals surface area (Å²) in [5.41, 5.74) is 0. The summed E-state index contributed by atoms with van der Waals surface area (Å²) >= 11 is 0. The van der Waals surface area contributed by atoms with E-state index >= 15 is 0 Å². The number of hydrogen-bond acceptors (Lipinski definition) is 2. The zero-order valence-electron chi connectivity index (χ0n) is 10.4. The fourth-order valence-electron chi connectivity index (χ4n) is 2.66. The van der Waals surface area contributed by atoms with Crippen LogP contribution in [0.3, 0.4) is 0 Å². The zero-order valence-corrected chi connectivity index (χ0v) is 10.4. The summed E-state index contributed by atoms with van der Waals surface area (Å²) in [5.74, 6) is 0.209. The Morgan fingerprint density at radius 3 is 2.81 bits per heavy atom. The van der Waals surface area contributed by atoms with Gasteiger partial charge in [0.05, 0.1) is 6.42 Å². The molecule has 2 atom stereocenters. The van der Waals surface area contributed by atoms with Gasteiger partial charge in [-0.15, -0.1) is 0 Å². The highest BCUT2D eigenvalue weighted by Gasteiger charge is 2.17. The average Bonchev–Trinajstić information content (AvgIpc) is 2.44. The Labute approximate surface area is 98.6 Å². The van der Waals surface area contributed by atoms with Crippen molar-refractivity contribution in [2.75, 3.05) is 6.54 Å². The lowest BCUT2D eigenvalue weighted by atomic mass is 9.95. The molecule has 3 nitrogen and oxygen atoms in total. The van der Waals surface area contributed by atoms with Gasteiger partial charge in [-0.05, 0) is 25.2 Å². The molecule has 0 spiro atoms. The second kappa shape index (κ2) is 7.66. The van der Waals surface area contributed by atoms with Gasteiger partial charge in [0.1, 0.15) is 0 Å². The van der Waals surface area contributed by atoms with Crippen LogP contribution in [-0.4, -0.2) is 23.7 Å². The molecule has 1 saturated carbocycles. The molecule has 0 radical (unpaired) electrons. The van der Waals surface area contributed by atoms with Crippen molar-refractivity contribution in [3.63, 3.8) is 0 Å². The molecule has 16 heavy (non-hydrogen) atoms. The molecule has 2 N–H and O–H groups in total. The normalized spacial score (nSPS) is 26.3. The van der Waals surface area contributed by atoms with E-state index in [2.05, 4.69) is 12.2 Å². The summed E-state index contributed by atoms with van der Waals surface area (Å²) < 4.78 is 0. The molecule has 0 aliphatic heterocycles. The molecule has 2 unspecified atom stereocenters. The minimum atomic E-state index is -0.704. The van der Waals surface area contributed by atoms with E-state index in [9.17, 15) is 4.79 Å². The fourth-order valence-corrected chi connectivity index (χ4v) is 2.66. The molecule has 0 aromatic heterocycles. The summed E-state index contributed by atoms with van der Waals surface area (Å²) in [7, 11) is 0. The minimum Gasteiger partial charge on any atom is -0.481 e. The first-order chi connectivity index (χ1) is 7.72. The van der Waals surface area contributed by atoms with E-state index in [4.69, 9.17) is 5.11 Å². The van der Waals surface area contributed by atoms with E-state index in [-0.39, 0.29) is 6.42 Å². The maximum absolute atomic E-state index is 10.4. The highest BCUT2D eigenvalue weighted by molar-refractivity contribution is 5.66. The van der Waals surface area contributed by atoms with Crippen molar-refractivity contribution in [1.82, 2.24) is 5.32 Å². The van der Waals surface area contributed by atoms with E-state index < -0.39 is 5.97 Å². The Hall–Kier alpha value is -0.570. The molecule has 1 aliphatic rings. The molecule has 1 rings (SSSR count). The third kappa shape index (κ3) is 5.50. The number of rotatable bonds is 6. The second-order valence-corrected chi connectivity index (χ2v) is 4.96. The Morgan fingerprint density at radius 1 is 1.31 bits per heavy atom. The molecule has 3 heteroatoms. The van der Waals surface area contributed by atoms with Crippen LogP contribution >= 0.6 is 0 Å². The largest absolute Gasteiger partial charge is 0.481 e. The molecule has 94 valence electrons. The molecule has 1 aliphatic carbocycles. The number of carboxylic acid groups (broad SMARTS) is 1. The van der Waals surface area contributed by atoms with Gasteiger partial charge >= 0.3 is 5.97 Å². The number of aliphatic carboxylic acids is 1. The quantitative estimate of drug-likeness (QED) is 0.686. The van der Waals surface area contributed by atoms with Crippen LogP contribution in [0.4, 0.5) is 0 Å². The van der Waals surface area contributed by atoms with Gasteiger partial charge in [-0.25, -0.2) is 0 Å². The molecule has 0 heterocycles. The van der Waals surface area contributed by atoms with Crippen LogP contribution < -0.4 is 5.32 Å². The molecule has 0 aromatic rings. The van der Waals surface area contributed by atoms with Crippen LogP contribution in [0.25, 0.3) is 0 Å². The van der Waals surface area contributed by atoms with Crippen LogP contribution in [0.5, 0.6) is 0 Å². The predicted octanol–water partition coefficient (Wildman–Crippen LogP) is 2.80. The van der Waals surface area contributed by atoms with Crippen molar-refractivity contribution < 1.29 is 9.90 Å². The molecule has 0 amide bonds. The first-order valence-corrected chi connectivity index (χ1v) is 6.67. The summed E-state index contributed by atoms with van der Waals surface area (Å²) in [6.07, 6.45) is 9.33. The third-order valence-electron chi connectivity index (χ3n) is 3.56. The predicted molar refractivity (Wildman–Crippen MR) is 65.5 cm³/mol. The molecule has 0 bridgehead atoms. The lowest BCUT2D eigenvalue weighted by Gasteiger charge is -2.16. The van der Waals surface area contributed by atoms with E-state index in [0.717, 1.165) is 5.92 Å². The number of carbonyl (C=O) groups is 1. The maximum atomic E-state index is 10.4. The van der Waals surface area contributed by atoms with Gasteiger partial charge in [0.25, 0.3) is 0 Å². The fraction of sp³-hybridized carbons (Fsp3) is 0.923. The summed E-state index contributed by atoms with van der Waals surface area (Å²) in [4.78, 5) is 10.4. The number of carboxylic acids is 1. The van der Waals surface area contributed by atoms with Crippen LogP contribution in [0.15, 0.2) is 0 Å². The van der Waals surface area contributed by atoms with Crippen LogP contribution in [0.1, 0.15) is 58.3 Å². The molecular formula is C13H25NO2. The Morgan fingerprint density at radius 2 is 2.12 bits per heavy atom. The van der Waals surface area contributed by atoms with E-state index in [1.54, 1.807) is 0 Å². The highest BCUT2D eigenvalue weighted by Crippen LogP contribution is 2.26. The lowest BCUT2D eigenvalue weighted by Crippen LogP contribution is -2.30. The topological polar surface area (TPSA) is 49.3 Å². The average molecular weight is 227 g/mol. The summed E-state index contributed by atoms with van der Waals surface area (Å²) in [6, 6.07) is 0.557. The number of nitrogens with one attached hydrogen (secondary N) is 1. The standard InChI is InChI=1S/C13H25NO2/c1-2-4-11-5-3-6-12(8-7-11)14-10-9-13(15)16/h11-12,14H,2-10H2,1H3,(H,15,16). The van der Waals surface area contributed by atoms with Gasteiger partial charge in [-0.3, -0.25) is 4.79 Å². The van der Waals surface area contributed by atoms with Crippen molar-refractivity contribution in [1.29, 1.82) is 0 Å². The van der Waals surface area contributed by atoms with E-state index in [1.807, 2.05) is 0 Å². The highest BCUT2D eigenvalue weighted by atomic mass is 16.4. The van der Waals surface area contributed by atoms with Gasteiger partial charge in [-0.2, -0.15) is 0 Å². The van der Waals surface area contributed by atoms with E-state index in [1.165, 1.54) is 44.9 Å². The molecule has 0 aromatic carbocycles. The lowest BCUT2D eigenvalue weighted by molar-refractivity contribution is -0.136. The Bertz CT molecular complexity index is 206. The minimum absolute atomic E-state index is 0.245. The first-order valence-electron chi connectivity index (χ1n) is 6.67. The monoisotopic (exact) mass is 227 g/mol. The Kier molecular flexibility index (Phi) is 6.46. The third-order valence-corrected chi connectivity index (χ3v) is 3.56. The van der Waals surface area contributed by atoms with Crippen molar-refractivity contribution in [3.05, 3.63) is 0 Å². The number of hydrogen-bond donors (Lipinski definition) is 2. The van der Waals surface area contributed by atoms with Crippen molar-refractivity contribution in [2.45, 2.75) is 64.3 Å². The molecule has 0 saturated heterocycles. The smallest absolute Gasteiger partial charge is 0.304 e. The first kappa shape index (κ1) is 13.5. The van der Waals surface area contributed by atoms with Crippen LogP contribution in [-0.2, 0) is 4.79 Å². The Balaban J connectivity index is 2.17. The van der Waals surface area contributed by atoms with Gasteiger partial charge in [0.15, 0.2) is 0 Å². The molecule has 1 fully saturated rings. The van der Waals surface area contributed by atoms with Crippen LogP contribution in [0.2, 0.25) is 0 Å². The van der Waals surface area contributed by atoms with Gasteiger partial charge in [0.2, 0.25) is 0 Å². The molecular weight excluding hydrogens is 202 g/mol. The summed E-state index contributed by atoms with van der Waals surface area (Å²) in [5, 5.41) is 11.9. The van der Waals surface area contributed by atoms with Crippen molar-refractivity contribution >= 4 is 5.97 Å². The van der Waals surface area contributed by atoms with Gasteiger partial charge in [-0.1, -0.05) is 32.6 Å². The second-order valence-electron chi connectivity index (χ2n) is 4.96. The van der Waals surface area contributed by atoms with Crippen molar-refractivity contribution in [2.24, 2.45) is 5.92 Å². The van der Waals surface area contributed by atoms with Crippen molar-refractivity contribution in [3.8, 4) is 0 Å². The SMILES string of the molecule is CCCC1CCCC(NCCC(=O)O)CC1. The maximum Gasteiger partial charge on any atom is 0.304 e. The zero-order chi connectivity index (χ0) is 11.8. The van der Waals surface area contributed by atoms with Gasteiger partial charge in [0, 0.05) is 12.6 Å². The van der Waals surface area contributed by atoms with E-state index in [0.29, 0.717) is 12.6 Å². The van der Waals surface area contributed by atoms with Crippen LogP contribution in [0, 0.1) is 5.92 Å².